The predicted octanol–water partition coefficient (Wildman–Crippen LogP) is -1.76. The van der Waals surface area contributed by atoms with E-state index >= 15 is 0 Å². The van der Waals surface area contributed by atoms with Crippen molar-refractivity contribution in [3.8, 4) is 0 Å². The average molecular weight is 134 g/mol. The number of aliphatic hydroxyl groups is 2. The van der Waals surface area contributed by atoms with Crippen LogP contribution >= 0.6 is 0 Å². The summed E-state index contributed by atoms with van der Waals surface area (Å²) in [4.78, 5) is 0. The maximum Gasteiger partial charge on any atom is 0.152 e. The van der Waals surface area contributed by atoms with Crippen molar-refractivity contribution in [2.24, 2.45) is 5.73 Å². The predicted molar refractivity (Wildman–Crippen MR) is 34.8 cm³/mol. The molecule has 0 atom stereocenters. The van der Waals surface area contributed by atoms with Crippen LogP contribution in [0.2, 0.25) is 0 Å². The molecular weight excluding hydrogens is 120 g/mol. The van der Waals surface area contributed by atoms with E-state index in [1.54, 1.807) is 0 Å². The lowest BCUT2D eigenvalue weighted by molar-refractivity contribution is -0.0443. The summed E-state index contributed by atoms with van der Waals surface area (Å²) < 4.78 is 0. The van der Waals surface area contributed by atoms with Gasteiger partial charge in [-0.1, -0.05) is 0 Å². The lowest BCUT2D eigenvalue weighted by Crippen LogP contribution is -2.25. The van der Waals surface area contributed by atoms with Crippen molar-refractivity contribution >= 4 is 0 Å². The largest absolute Gasteiger partial charge is 0.368 e. The lowest BCUT2D eigenvalue weighted by atomic mass is 10.4. The minimum Gasteiger partial charge on any atom is -0.368 e. The van der Waals surface area contributed by atoms with Crippen molar-refractivity contribution in [2.45, 2.75) is 12.7 Å². The van der Waals surface area contributed by atoms with Crippen LogP contribution in [-0.2, 0) is 0 Å². The van der Waals surface area contributed by atoms with Gasteiger partial charge < -0.3 is 21.3 Å². The van der Waals surface area contributed by atoms with Crippen molar-refractivity contribution in [3.63, 3.8) is 0 Å². The van der Waals surface area contributed by atoms with Crippen LogP contribution in [0.4, 0.5) is 0 Å². The van der Waals surface area contributed by atoms with Crippen molar-refractivity contribution < 1.29 is 10.2 Å². The molecule has 0 amide bonds. The molecule has 56 valence electrons. The van der Waals surface area contributed by atoms with E-state index in [0.717, 1.165) is 6.54 Å². The van der Waals surface area contributed by atoms with Crippen LogP contribution in [0.1, 0.15) is 6.42 Å². The van der Waals surface area contributed by atoms with E-state index in [9.17, 15) is 0 Å². The Bertz CT molecular complexity index is 58.9. The van der Waals surface area contributed by atoms with Gasteiger partial charge in [0, 0.05) is 19.5 Å². The first kappa shape index (κ1) is 8.84. The molecule has 0 radical (unpaired) electrons. The molecule has 0 rings (SSSR count). The number of aliphatic hydroxyl groups excluding tert-OH is 1. The molecule has 0 heterocycles. The van der Waals surface area contributed by atoms with Crippen LogP contribution in [0.3, 0.4) is 0 Å². The van der Waals surface area contributed by atoms with Gasteiger partial charge >= 0.3 is 0 Å². The normalized spacial score (nSPS) is 10.7. The zero-order valence-electron chi connectivity index (χ0n) is 5.38. The Labute approximate surface area is 54.7 Å². The molecule has 0 bridgehead atoms. The smallest absolute Gasteiger partial charge is 0.152 e. The van der Waals surface area contributed by atoms with Gasteiger partial charge in [-0.25, -0.2) is 0 Å². The third-order valence-corrected chi connectivity index (χ3v) is 0.900. The minimum atomic E-state index is -1.20. The second kappa shape index (κ2) is 5.97. The molecule has 9 heavy (non-hydrogen) atoms. The van der Waals surface area contributed by atoms with Gasteiger partial charge in [0.2, 0.25) is 0 Å². The molecule has 0 aromatic carbocycles. The van der Waals surface area contributed by atoms with Gasteiger partial charge in [0.25, 0.3) is 0 Å². The van der Waals surface area contributed by atoms with E-state index in [1.807, 2.05) is 0 Å². The van der Waals surface area contributed by atoms with Crippen molar-refractivity contribution in [2.75, 3.05) is 19.6 Å². The fourth-order valence-electron chi connectivity index (χ4n) is 0.458. The summed E-state index contributed by atoms with van der Waals surface area (Å²) in [5.74, 6) is 0. The topological polar surface area (TPSA) is 78.5 Å². The molecule has 4 nitrogen and oxygen atoms in total. The van der Waals surface area contributed by atoms with Crippen LogP contribution in [0, 0.1) is 0 Å². The number of rotatable bonds is 5. The van der Waals surface area contributed by atoms with Crippen LogP contribution < -0.4 is 11.1 Å². The summed E-state index contributed by atoms with van der Waals surface area (Å²) in [5.41, 5.74) is 5.16. The van der Waals surface area contributed by atoms with Crippen molar-refractivity contribution in [1.29, 1.82) is 0 Å². The Morgan fingerprint density at radius 2 is 2.00 bits per heavy atom. The molecule has 0 fully saturated rings. The van der Waals surface area contributed by atoms with Crippen LogP contribution in [0.5, 0.6) is 0 Å². The summed E-state index contributed by atoms with van der Waals surface area (Å²) >= 11 is 0. The van der Waals surface area contributed by atoms with E-state index < -0.39 is 6.29 Å². The minimum absolute atomic E-state index is 0.361. The first-order chi connectivity index (χ1) is 4.27. The van der Waals surface area contributed by atoms with Crippen LogP contribution in [0.15, 0.2) is 0 Å². The number of nitrogens with one attached hydrogen (secondary N) is 1. The van der Waals surface area contributed by atoms with Crippen molar-refractivity contribution in [1.82, 2.24) is 5.32 Å². The van der Waals surface area contributed by atoms with Crippen molar-refractivity contribution in [3.05, 3.63) is 0 Å². The molecule has 0 aliphatic rings. The molecule has 5 N–H and O–H groups in total. The van der Waals surface area contributed by atoms with Gasteiger partial charge in [-0.15, -0.1) is 0 Å². The Kier molecular flexibility index (Phi) is 5.86. The highest BCUT2D eigenvalue weighted by atomic mass is 16.5. The molecule has 0 saturated carbocycles. The monoisotopic (exact) mass is 134 g/mol. The van der Waals surface area contributed by atoms with Gasteiger partial charge in [0.1, 0.15) is 0 Å². The van der Waals surface area contributed by atoms with E-state index in [4.69, 9.17) is 15.9 Å². The van der Waals surface area contributed by atoms with E-state index in [-0.39, 0.29) is 0 Å². The standard InChI is InChI=1S/C5H14N2O2/c6-2-4-7-3-1-5(8)9/h5,7-9H,1-4,6H2. The van der Waals surface area contributed by atoms with Gasteiger partial charge in [-0.05, 0) is 6.54 Å². The lowest BCUT2D eigenvalue weighted by Gasteiger charge is -2.03. The van der Waals surface area contributed by atoms with Gasteiger partial charge in [-0.3, -0.25) is 0 Å². The Morgan fingerprint density at radius 1 is 1.33 bits per heavy atom. The molecule has 0 aromatic rings. The molecule has 0 unspecified atom stereocenters. The summed E-state index contributed by atoms with van der Waals surface area (Å²) in [7, 11) is 0. The second-order valence-corrected chi connectivity index (χ2v) is 1.81. The first-order valence-electron chi connectivity index (χ1n) is 3.04. The average Bonchev–Trinajstić information content (AvgIpc) is 1.80. The van der Waals surface area contributed by atoms with E-state index in [1.165, 1.54) is 0 Å². The molecule has 4 heteroatoms. The third kappa shape index (κ3) is 7.84. The summed E-state index contributed by atoms with van der Waals surface area (Å²) in [6, 6.07) is 0. The molecular formula is C5H14N2O2. The maximum atomic E-state index is 8.34. The fraction of sp³-hybridized carbons (Fsp3) is 1.00. The fourth-order valence-corrected chi connectivity index (χ4v) is 0.458. The summed E-state index contributed by atoms with van der Waals surface area (Å²) in [5, 5.41) is 19.6. The zero-order valence-corrected chi connectivity index (χ0v) is 5.38. The maximum absolute atomic E-state index is 8.34. The number of hydrogen-bond donors (Lipinski definition) is 4. The second-order valence-electron chi connectivity index (χ2n) is 1.81. The number of nitrogens with two attached hydrogens (primary N) is 1. The van der Waals surface area contributed by atoms with Gasteiger partial charge in [0.05, 0.1) is 0 Å². The Morgan fingerprint density at radius 3 is 2.44 bits per heavy atom. The van der Waals surface area contributed by atoms with E-state index in [0.29, 0.717) is 19.5 Å². The van der Waals surface area contributed by atoms with E-state index in [2.05, 4.69) is 5.32 Å². The highest BCUT2D eigenvalue weighted by Gasteiger charge is 1.93. The summed E-state index contributed by atoms with van der Waals surface area (Å²) in [6.07, 6.45) is -0.838. The van der Waals surface area contributed by atoms with Crippen LogP contribution in [0.25, 0.3) is 0 Å². The van der Waals surface area contributed by atoms with Crippen LogP contribution in [-0.4, -0.2) is 36.1 Å². The zero-order chi connectivity index (χ0) is 7.11. The highest BCUT2D eigenvalue weighted by Crippen LogP contribution is 1.80. The third-order valence-electron chi connectivity index (χ3n) is 0.900. The Balaban J connectivity index is 2.75. The van der Waals surface area contributed by atoms with Gasteiger partial charge in [-0.2, -0.15) is 0 Å². The molecule has 0 aliphatic heterocycles. The SMILES string of the molecule is NCCNCCC(O)O. The first-order valence-corrected chi connectivity index (χ1v) is 3.04. The summed E-state index contributed by atoms with van der Waals surface area (Å²) in [6.45, 7) is 1.92. The number of hydrogen-bond acceptors (Lipinski definition) is 4. The molecule has 0 aromatic heterocycles. The molecule has 0 aliphatic carbocycles. The Hall–Kier alpha value is -0.160. The molecule has 0 saturated heterocycles. The molecule has 0 spiro atoms. The van der Waals surface area contributed by atoms with Gasteiger partial charge in [0.15, 0.2) is 6.29 Å². The quantitative estimate of drug-likeness (QED) is 0.265. The highest BCUT2D eigenvalue weighted by molar-refractivity contribution is 4.47.